The van der Waals surface area contributed by atoms with Crippen molar-refractivity contribution in [3.63, 3.8) is 0 Å². The molecular formula is C43H29N4-. The lowest BCUT2D eigenvalue weighted by molar-refractivity contribution is 1.19. The molecule has 8 aromatic rings. The van der Waals surface area contributed by atoms with Gasteiger partial charge in [-0.3, -0.25) is 9.97 Å². The summed E-state index contributed by atoms with van der Waals surface area (Å²) in [4.78, 5) is 8.31. The van der Waals surface area contributed by atoms with E-state index in [0.717, 1.165) is 16.9 Å². The monoisotopic (exact) mass is 601 g/mol. The Morgan fingerprint density at radius 1 is 0.489 bits per heavy atom. The number of allylic oxidation sites excluding steroid dienone is 2. The van der Waals surface area contributed by atoms with Gasteiger partial charge in [0.25, 0.3) is 0 Å². The lowest BCUT2D eigenvalue weighted by atomic mass is 9.98. The maximum atomic E-state index is 4.95. The third-order valence-electron chi connectivity index (χ3n) is 9.20. The largest absolute Gasteiger partial charge is 0.680 e. The molecule has 0 radical (unpaired) electrons. The third-order valence-corrected chi connectivity index (χ3v) is 9.20. The summed E-state index contributed by atoms with van der Waals surface area (Å²) in [6, 6.07) is 45.8. The summed E-state index contributed by atoms with van der Waals surface area (Å²) in [6.45, 7) is 0.657. The molecule has 9 rings (SSSR count). The van der Waals surface area contributed by atoms with Crippen LogP contribution in [-0.4, -0.2) is 21.1 Å². The normalized spacial score (nSPS) is 13.0. The third kappa shape index (κ3) is 4.79. The van der Waals surface area contributed by atoms with Gasteiger partial charge in [-0.05, 0) is 87.3 Å². The van der Waals surface area contributed by atoms with Gasteiger partial charge < -0.3 is 9.88 Å². The fourth-order valence-electron chi connectivity index (χ4n) is 6.82. The molecule has 5 aromatic carbocycles. The number of hydrogen-bond acceptors (Lipinski definition) is 2. The second kappa shape index (κ2) is 11.3. The van der Waals surface area contributed by atoms with Gasteiger partial charge in [0.1, 0.15) is 0 Å². The molecule has 0 saturated carbocycles. The van der Waals surface area contributed by atoms with E-state index in [9.17, 15) is 0 Å². The Bertz CT molecular complexity index is 2470. The van der Waals surface area contributed by atoms with Crippen molar-refractivity contribution in [2.75, 3.05) is 6.54 Å². The van der Waals surface area contributed by atoms with Crippen molar-refractivity contribution in [3.05, 3.63) is 181 Å². The number of benzene rings is 5. The summed E-state index contributed by atoms with van der Waals surface area (Å²) in [5, 5.41) is 9.86. The molecule has 0 fully saturated rings. The van der Waals surface area contributed by atoms with Crippen LogP contribution >= 0.6 is 0 Å². The fraction of sp³-hybridized carbons (Fsp3) is 0.0233. The van der Waals surface area contributed by atoms with E-state index in [1.165, 1.54) is 66.0 Å². The summed E-state index contributed by atoms with van der Waals surface area (Å²) in [7, 11) is 0. The van der Waals surface area contributed by atoms with Crippen LogP contribution in [0, 0.1) is 0 Å². The lowest BCUT2D eigenvalue weighted by Gasteiger charge is -2.30. The predicted molar refractivity (Wildman–Crippen MR) is 195 cm³/mol. The van der Waals surface area contributed by atoms with Gasteiger partial charge in [0.15, 0.2) is 0 Å². The first-order chi connectivity index (χ1) is 23.3. The fourth-order valence-corrected chi connectivity index (χ4v) is 6.82. The van der Waals surface area contributed by atoms with Crippen molar-refractivity contribution in [1.82, 2.24) is 14.5 Å². The topological polar surface area (TPSA) is 44.8 Å². The van der Waals surface area contributed by atoms with Crippen LogP contribution < -0.4 is 0 Å². The molecule has 1 aliphatic rings. The number of nitrogens with zero attached hydrogens (tertiary/aromatic N) is 4. The van der Waals surface area contributed by atoms with Crippen molar-refractivity contribution in [2.45, 2.75) is 0 Å². The molecule has 0 aliphatic carbocycles. The molecule has 4 heterocycles. The van der Waals surface area contributed by atoms with Gasteiger partial charge in [0, 0.05) is 46.6 Å². The van der Waals surface area contributed by atoms with Crippen molar-refractivity contribution in [2.24, 2.45) is 0 Å². The maximum Gasteiger partial charge on any atom is 0.0619 e. The smallest absolute Gasteiger partial charge is 0.0619 e. The van der Waals surface area contributed by atoms with Crippen LogP contribution in [0.3, 0.4) is 0 Å². The zero-order chi connectivity index (χ0) is 31.2. The molecule has 0 unspecified atom stereocenters. The van der Waals surface area contributed by atoms with Crippen LogP contribution in [0.25, 0.3) is 77.1 Å². The molecule has 47 heavy (non-hydrogen) atoms. The van der Waals surface area contributed by atoms with Crippen LogP contribution in [0.2, 0.25) is 0 Å². The van der Waals surface area contributed by atoms with E-state index in [2.05, 4.69) is 130 Å². The van der Waals surface area contributed by atoms with Gasteiger partial charge in [0.05, 0.1) is 11.0 Å². The molecule has 0 atom stereocenters. The number of aromatic nitrogens is 3. The molecule has 4 heteroatoms. The van der Waals surface area contributed by atoms with Gasteiger partial charge >= 0.3 is 0 Å². The Hall–Kier alpha value is -6.26. The highest BCUT2D eigenvalue weighted by Gasteiger charge is 2.16. The van der Waals surface area contributed by atoms with Crippen molar-refractivity contribution >= 4 is 43.8 Å². The highest BCUT2D eigenvalue weighted by atomic mass is 15.0. The highest BCUT2D eigenvalue weighted by molar-refractivity contribution is 6.19. The van der Waals surface area contributed by atoms with Crippen molar-refractivity contribution < 1.29 is 0 Å². The second-order valence-electron chi connectivity index (χ2n) is 11.9. The number of rotatable bonds is 5. The van der Waals surface area contributed by atoms with E-state index < -0.39 is 0 Å². The zero-order valence-corrected chi connectivity index (χ0v) is 25.6. The van der Waals surface area contributed by atoms with E-state index in [1.807, 2.05) is 49.1 Å². The average molecular weight is 602 g/mol. The number of fused-ring (bicyclic) bond motifs is 5. The number of hydrogen-bond donors (Lipinski definition) is 0. The molecule has 0 N–H and O–H groups in total. The van der Waals surface area contributed by atoms with Crippen molar-refractivity contribution in [3.8, 4) is 27.9 Å². The Balaban J connectivity index is 1.17. The predicted octanol–water partition coefficient (Wildman–Crippen LogP) is 10.9. The molecular weight excluding hydrogens is 573 g/mol. The maximum absolute atomic E-state index is 4.95. The first kappa shape index (κ1) is 27.1. The molecule has 1 aliphatic heterocycles. The Morgan fingerprint density at radius 2 is 1.11 bits per heavy atom. The Labute approximate surface area is 273 Å². The van der Waals surface area contributed by atoms with Crippen LogP contribution in [0.5, 0.6) is 0 Å². The van der Waals surface area contributed by atoms with Crippen LogP contribution in [0.15, 0.2) is 164 Å². The SMILES string of the molecule is C1=C(c2ccncc2)C[N-]C(c2ccc3c(ccc4c5ccc(-c6ccc(-c7ccncc7)cc6)cc5n(-c5ccccc5)c34)c2)=C1. The van der Waals surface area contributed by atoms with E-state index in [4.69, 9.17) is 5.32 Å². The van der Waals surface area contributed by atoms with Gasteiger partial charge in [0.2, 0.25) is 0 Å². The van der Waals surface area contributed by atoms with E-state index in [-0.39, 0.29) is 0 Å². The zero-order valence-electron chi connectivity index (χ0n) is 25.6. The average Bonchev–Trinajstić information content (AvgIpc) is 3.50. The van der Waals surface area contributed by atoms with Gasteiger partial charge in [-0.25, -0.2) is 0 Å². The van der Waals surface area contributed by atoms with Crippen LogP contribution in [-0.2, 0) is 0 Å². The summed E-state index contributed by atoms with van der Waals surface area (Å²) >= 11 is 0. The highest BCUT2D eigenvalue weighted by Crippen LogP contribution is 2.40. The summed E-state index contributed by atoms with van der Waals surface area (Å²) in [5.74, 6) is 0. The minimum Gasteiger partial charge on any atom is -0.680 e. The van der Waals surface area contributed by atoms with Crippen LogP contribution in [0.4, 0.5) is 0 Å². The van der Waals surface area contributed by atoms with Gasteiger partial charge in [-0.2, -0.15) is 0 Å². The molecule has 0 amide bonds. The summed E-state index contributed by atoms with van der Waals surface area (Å²) < 4.78 is 2.43. The minimum atomic E-state index is 0.657. The van der Waals surface area contributed by atoms with Gasteiger partial charge in [-0.15, -0.1) is 12.2 Å². The molecule has 4 nitrogen and oxygen atoms in total. The number of para-hydroxylation sites is 1. The van der Waals surface area contributed by atoms with Crippen LogP contribution in [0.1, 0.15) is 11.1 Å². The lowest BCUT2D eigenvalue weighted by Crippen LogP contribution is -1.98. The first-order valence-electron chi connectivity index (χ1n) is 15.9. The quantitative estimate of drug-likeness (QED) is 0.197. The molecule has 0 bridgehead atoms. The Kier molecular flexibility index (Phi) is 6.50. The van der Waals surface area contributed by atoms with Gasteiger partial charge in [-0.1, -0.05) is 96.6 Å². The standard InChI is InChI=1S/C43H29N4/c1-2-4-37(5-3-1)47-42-27-33(30-8-6-29(7-9-30)31-18-22-44-23-19-31)10-15-39(42)40-16-11-34-26-35(12-14-38(34)43(40)47)41-17-13-36(28-46-41)32-20-24-45-25-21-32/h1-27H,28H2/q-1. The number of pyridine rings is 2. The molecule has 3 aromatic heterocycles. The Morgan fingerprint density at radius 3 is 1.83 bits per heavy atom. The molecule has 0 spiro atoms. The van der Waals surface area contributed by atoms with E-state index in [0.29, 0.717) is 6.54 Å². The van der Waals surface area contributed by atoms with Crippen molar-refractivity contribution in [1.29, 1.82) is 0 Å². The minimum absolute atomic E-state index is 0.657. The first-order valence-corrected chi connectivity index (χ1v) is 15.9. The van der Waals surface area contributed by atoms with E-state index >= 15 is 0 Å². The van der Waals surface area contributed by atoms with E-state index in [1.54, 1.807) is 0 Å². The molecule has 0 saturated heterocycles. The summed E-state index contributed by atoms with van der Waals surface area (Å²) in [5.41, 5.74) is 12.8. The summed E-state index contributed by atoms with van der Waals surface area (Å²) in [6.07, 6.45) is 11.6. The second-order valence-corrected chi connectivity index (χ2v) is 11.9. The molecule has 222 valence electrons.